The Balaban J connectivity index is 1.45. The molecule has 12 nitrogen and oxygen atoms in total. The zero-order valence-corrected chi connectivity index (χ0v) is 19.7. The van der Waals surface area contributed by atoms with Gasteiger partial charge in [-0.25, -0.2) is 19.3 Å². The van der Waals surface area contributed by atoms with Gasteiger partial charge in [0.15, 0.2) is 5.82 Å². The molecule has 0 unspecified atom stereocenters. The summed E-state index contributed by atoms with van der Waals surface area (Å²) in [5.41, 5.74) is 8.39. The van der Waals surface area contributed by atoms with Crippen molar-refractivity contribution in [3.05, 3.63) is 36.3 Å². The van der Waals surface area contributed by atoms with E-state index in [-0.39, 0.29) is 30.4 Å². The second kappa shape index (κ2) is 11.0. The number of carbonyl (C=O) groups is 2. The van der Waals surface area contributed by atoms with Crippen LogP contribution in [0.25, 0.3) is 16.8 Å². The minimum absolute atomic E-state index is 0.00539. The standard InChI is InChI=1S/C23H29N7O5/c1-33-9-10-35-23(32)29-16-5-3-15(4-6-16)28-22(31)17-12-18(14-7-8-25-19(11-14)34-2)30-20(17)21(24)26-13-27-30/h7-8,11-13,15-16H,3-6,9-10H2,1-2H3,(H,28,31)(H,29,32)(H2,24,26,27). The lowest BCUT2D eigenvalue weighted by Gasteiger charge is -2.29. The first-order chi connectivity index (χ1) is 17.0. The third kappa shape index (κ3) is 5.60. The summed E-state index contributed by atoms with van der Waals surface area (Å²) < 4.78 is 16.8. The van der Waals surface area contributed by atoms with Crippen molar-refractivity contribution in [1.82, 2.24) is 30.2 Å². The molecule has 1 saturated carbocycles. The molecule has 4 N–H and O–H groups in total. The van der Waals surface area contributed by atoms with Crippen LogP contribution in [0.3, 0.4) is 0 Å². The minimum atomic E-state index is -0.453. The van der Waals surface area contributed by atoms with E-state index in [0.29, 0.717) is 29.3 Å². The van der Waals surface area contributed by atoms with Crippen LogP contribution in [0.4, 0.5) is 10.6 Å². The number of nitrogens with two attached hydrogens (primary N) is 1. The maximum atomic E-state index is 13.3. The van der Waals surface area contributed by atoms with Crippen LogP contribution >= 0.6 is 0 Å². The Bertz CT molecular complexity index is 1190. The highest BCUT2D eigenvalue weighted by molar-refractivity contribution is 6.05. The molecule has 0 aromatic carbocycles. The molecule has 3 aromatic heterocycles. The quantitative estimate of drug-likeness (QED) is 0.407. The molecule has 0 aliphatic heterocycles. The number of ether oxygens (including phenoxy) is 3. The first kappa shape index (κ1) is 24.2. The fourth-order valence-corrected chi connectivity index (χ4v) is 4.20. The molecular formula is C23H29N7O5. The van der Waals surface area contributed by atoms with Gasteiger partial charge in [-0.05, 0) is 37.8 Å². The summed E-state index contributed by atoms with van der Waals surface area (Å²) in [5, 5.41) is 10.3. The van der Waals surface area contributed by atoms with Gasteiger partial charge in [0.05, 0.1) is 25.0 Å². The van der Waals surface area contributed by atoms with E-state index in [2.05, 4.69) is 25.7 Å². The van der Waals surface area contributed by atoms with Gasteiger partial charge in [-0.3, -0.25) is 4.79 Å². The molecule has 35 heavy (non-hydrogen) atoms. The summed E-state index contributed by atoms with van der Waals surface area (Å²) in [6, 6.07) is 5.28. The summed E-state index contributed by atoms with van der Waals surface area (Å²) in [6.45, 7) is 0.563. The largest absolute Gasteiger partial charge is 0.481 e. The molecule has 0 bridgehead atoms. The number of fused-ring (bicyclic) bond motifs is 1. The van der Waals surface area contributed by atoms with Gasteiger partial charge in [0.2, 0.25) is 5.88 Å². The third-order valence-electron chi connectivity index (χ3n) is 5.97. The van der Waals surface area contributed by atoms with Crippen LogP contribution in [0.2, 0.25) is 0 Å². The fourth-order valence-electron chi connectivity index (χ4n) is 4.20. The van der Waals surface area contributed by atoms with E-state index in [1.165, 1.54) is 13.4 Å². The number of methoxy groups -OCH3 is 2. The number of carbonyl (C=O) groups excluding carboxylic acids is 2. The van der Waals surface area contributed by atoms with Crippen molar-refractivity contribution >= 4 is 23.3 Å². The van der Waals surface area contributed by atoms with Gasteiger partial charge in [-0.2, -0.15) is 5.10 Å². The molecule has 1 aliphatic carbocycles. The zero-order chi connectivity index (χ0) is 24.8. The number of nitrogens with one attached hydrogen (secondary N) is 2. The lowest BCUT2D eigenvalue weighted by atomic mass is 9.91. The summed E-state index contributed by atoms with van der Waals surface area (Å²) in [6.07, 6.45) is 5.42. The average molecular weight is 484 g/mol. The van der Waals surface area contributed by atoms with Crippen LogP contribution in [0.15, 0.2) is 30.7 Å². The van der Waals surface area contributed by atoms with Crippen LogP contribution in [0, 0.1) is 0 Å². The minimum Gasteiger partial charge on any atom is -0.481 e. The number of amides is 2. The van der Waals surface area contributed by atoms with Gasteiger partial charge >= 0.3 is 6.09 Å². The molecule has 1 aliphatic rings. The molecule has 4 rings (SSSR count). The number of hydrogen-bond acceptors (Lipinski definition) is 9. The fraction of sp³-hybridized carbons (Fsp3) is 0.435. The Morgan fingerprint density at radius 3 is 2.54 bits per heavy atom. The molecule has 186 valence electrons. The normalized spacial score (nSPS) is 17.7. The number of hydrogen-bond donors (Lipinski definition) is 3. The van der Waals surface area contributed by atoms with Crippen LogP contribution in [0.1, 0.15) is 36.0 Å². The van der Waals surface area contributed by atoms with Crippen molar-refractivity contribution in [1.29, 1.82) is 0 Å². The van der Waals surface area contributed by atoms with E-state index in [9.17, 15) is 9.59 Å². The van der Waals surface area contributed by atoms with Gasteiger partial charge in [0, 0.05) is 37.0 Å². The molecule has 3 heterocycles. The highest BCUT2D eigenvalue weighted by Gasteiger charge is 2.26. The van der Waals surface area contributed by atoms with Gasteiger partial charge in [-0.1, -0.05) is 0 Å². The van der Waals surface area contributed by atoms with E-state index in [4.69, 9.17) is 19.9 Å². The number of alkyl carbamates (subject to hydrolysis) is 1. The second-order valence-corrected chi connectivity index (χ2v) is 8.23. The van der Waals surface area contributed by atoms with Crippen LogP contribution in [-0.2, 0) is 9.47 Å². The Hall–Kier alpha value is -3.93. The van der Waals surface area contributed by atoms with E-state index in [0.717, 1.165) is 31.2 Å². The number of nitrogen functional groups attached to an aromatic ring is 1. The number of aromatic nitrogens is 4. The monoisotopic (exact) mass is 483 g/mol. The van der Waals surface area contributed by atoms with Gasteiger partial charge < -0.3 is 30.6 Å². The Morgan fingerprint density at radius 1 is 1.09 bits per heavy atom. The summed E-state index contributed by atoms with van der Waals surface area (Å²) in [4.78, 5) is 33.3. The van der Waals surface area contributed by atoms with Crippen molar-refractivity contribution < 1.29 is 23.8 Å². The number of anilines is 1. The average Bonchev–Trinajstić information content (AvgIpc) is 3.27. The molecular weight excluding hydrogens is 454 g/mol. The predicted octanol–water partition coefficient (Wildman–Crippen LogP) is 1.80. The highest BCUT2D eigenvalue weighted by atomic mass is 16.6. The smallest absolute Gasteiger partial charge is 0.407 e. The molecule has 0 saturated heterocycles. The maximum Gasteiger partial charge on any atom is 0.407 e. The summed E-state index contributed by atoms with van der Waals surface area (Å²) in [7, 11) is 3.09. The van der Waals surface area contributed by atoms with Crippen molar-refractivity contribution in [2.24, 2.45) is 0 Å². The maximum absolute atomic E-state index is 13.3. The number of rotatable bonds is 8. The molecule has 12 heteroatoms. The van der Waals surface area contributed by atoms with Crippen molar-refractivity contribution in [2.75, 3.05) is 33.2 Å². The molecule has 0 atom stereocenters. The first-order valence-corrected chi connectivity index (χ1v) is 11.4. The summed E-state index contributed by atoms with van der Waals surface area (Å²) in [5.74, 6) is 0.391. The van der Waals surface area contributed by atoms with E-state index in [1.807, 2.05) is 0 Å². The van der Waals surface area contributed by atoms with Crippen LogP contribution in [-0.4, -0.2) is 71.1 Å². The Morgan fingerprint density at radius 2 is 1.83 bits per heavy atom. The zero-order valence-electron chi connectivity index (χ0n) is 19.7. The van der Waals surface area contributed by atoms with E-state index in [1.54, 1.807) is 36.0 Å². The van der Waals surface area contributed by atoms with Crippen LogP contribution < -0.4 is 21.1 Å². The number of nitrogens with zero attached hydrogens (tertiary/aromatic N) is 4. The Kier molecular flexibility index (Phi) is 7.60. The van der Waals surface area contributed by atoms with Gasteiger partial charge in [-0.15, -0.1) is 0 Å². The third-order valence-corrected chi connectivity index (χ3v) is 5.97. The lowest BCUT2D eigenvalue weighted by molar-refractivity contribution is 0.0902. The molecule has 1 fully saturated rings. The van der Waals surface area contributed by atoms with Gasteiger partial charge in [0.1, 0.15) is 18.5 Å². The van der Waals surface area contributed by atoms with Gasteiger partial charge in [0.25, 0.3) is 5.91 Å². The van der Waals surface area contributed by atoms with E-state index >= 15 is 0 Å². The SMILES string of the molecule is COCCOC(=O)NC1CCC(NC(=O)c2cc(-c3ccnc(OC)c3)n3ncnc(N)c23)CC1. The molecule has 0 radical (unpaired) electrons. The van der Waals surface area contributed by atoms with Crippen molar-refractivity contribution in [2.45, 2.75) is 37.8 Å². The van der Waals surface area contributed by atoms with Crippen molar-refractivity contribution in [3.8, 4) is 17.1 Å². The van der Waals surface area contributed by atoms with Crippen molar-refractivity contribution in [3.63, 3.8) is 0 Å². The molecule has 3 aromatic rings. The summed E-state index contributed by atoms with van der Waals surface area (Å²) >= 11 is 0. The lowest BCUT2D eigenvalue weighted by Crippen LogP contribution is -2.44. The Labute approximate surface area is 202 Å². The molecule has 0 spiro atoms. The molecule has 2 amide bonds. The highest BCUT2D eigenvalue weighted by Crippen LogP contribution is 2.29. The predicted molar refractivity (Wildman–Crippen MR) is 127 cm³/mol. The number of pyridine rings is 1. The first-order valence-electron chi connectivity index (χ1n) is 11.4. The second-order valence-electron chi connectivity index (χ2n) is 8.23. The topological polar surface area (TPSA) is 155 Å². The van der Waals surface area contributed by atoms with Crippen LogP contribution in [0.5, 0.6) is 5.88 Å². The van der Waals surface area contributed by atoms with E-state index < -0.39 is 6.09 Å².